The Morgan fingerprint density at radius 2 is 2.29 bits per heavy atom. The quantitative estimate of drug-likeness (QED) is 0.934. The summed E-state index contributed by atoms with van der Waals surface area (Å²) in [6, 6.07) is 6.10. The van der Waals surface area contributed by atoms with E-state index >= 15 is 0 Å². The Kier molecular flexibility index (Phi) is 4.03. The van der Waals surface area contributed by atoms with Crippen LogP contribution in [0, 0.1) is 0 Å². The van der Waals surface area contributed by atoms with Crippen LogP contribution in [0.15, 0.2) is 23.6 Å². The van der Waals surface area contributed by atoms with Crippen molar-refractivity contribution >= 4 is 22.9 Å². The summed E-state index contributed by atoms with van der Waals surface area (Å²) in [5.41, 5.74) is 4.17. The molecule has 1 aromatic carbocycles. The molecule has 0 fully saturated rings. The molecule has 1 unspecified atom stereocenters. The molecule has 1 aromatic heterocycles. The van der Waals surface area contributed by atoms with Gasteiger partial charge < -0.3 is 10.1 Å². The molecule has 0 saturated heterocycles. The number of fused-ring (bicyclic) bond motifs is 1. The predicted molar refractivity (Wildman–Crippen MR) is 84.5 cm³/mol. The smallest absolute Gasteiger partial charge is 0.224 e. The Labute approximate surface area is 128 Å². The molecule has 1 aliphatic heterocycles. The zero-order chi connectivity index (χ0) is 14.8. The topological polar surface area (TPSA) is 51.2 Å². The van der Waals surface area contributed by atoms with Gasteiger partial charge >= 0.3 is 0 Å². The van der Waals surface area contributed by atoms with Crippen LogP contribution in [0.2, 0.25) is 0 Å². The molecule has 110 valence electrons. The summed E-state index contributed by atoms with van der Waals surface area (Å²) in [4.78, 5) is 16.1. The van der Waals surface area contributed by atoms with Crippen molar-refractivity contribution < 1.29 is 9.53 Å². The number of thiazole rings is 1. The maximum absolute atomic E-state index is 11.4. The first-order chi connectivity index (χ1) is 10.2. The van der Waals surface area contributed by atoms with Crippen molar-refractivity contribution in [2.75, 3.05) is 11.9 Å². The summed E-state index contributed by atoms with van der Waals surface area (Å²) >= 11 is 1.62. The summed E-state index contributed by atoms with van der Waals surface area (Å²) in [5.74, 6) is 0.0942. The van der Waals surface area contributed by atoms with Gasteiger partial charge in [-0.2, -0.15) is 0 Å². The highest BCUT2D eigenvalue weighted by Crippen LogP contribution is 2.31. The lowest BCUT2D eigenvalue weighted by atomic mass is 9.99. The van der Waals surface area contributed by atoms with E-state index in [0.29, 0.717) is 13.0 Å². The van der Waals surface area contributed by atoms with Crippen molar-refractivity contribution in [1.82, 2.24) is 4.98 Å². The molecular formula is C16H18N2O2S. The number of hydrogen-bond acceptors (Lipinski definition) is 4. The van der Waals surface area contributed by atoms with Gasteiger partial charge in [-0.25, -0.2) is 4.98 Å². The van der Waals surface area contributed by atoms with Gasteiger partial charge in [-0.1, -0.05) is 6.07 Å². The lowest BCUT2D eigenvalue weighted by molar-refractivity contribution is -0.116. The Morgan fingerprint density at radius 3 is 3.10 bits per heavy atom. The third-order valence-electron chi connectivity index (χ3n) is 3.58. The van der Waals surface area contributed by atoms with Crippen molar-refractivity contribution in [3.8, 4) is 11.3 Å². The van der Waals surface area contributed by atoms with Crippen LogP contribution in [0.5, 0.6) is 0 Å². The Morgan fingerprint density at radius 1 is 1.43 bits per heavy atom. The number of anilines is 1. The molecule has 21 heavy (non-hydrogen) atoms. The SMILES string of the molecule is CCOC(C)c1nc(-c2ccc3c(c2)CCC(=O)N3)cs1. The van der Waals surface area contributed by atoms with Crippen molar-refractivity contribution in [2.24, 2.45) is 0 Å². The zero-order valence-electron chi connectivity index (χ0n) is 12.2. The fourth-order valence-corrected chi connectivity index (χ4v) is 3.30. The van der Waals surface area contributed by atoms with Crippen LogP contribution in [-0.4, -0.2) is 17.5 Å². The maximum Gasteiger partial charge on any atom is 0.224 e. The van der Waals surface area contributed by atoms with E-state index < -0.39 is 0 Å². The minimum absolute atomic E-state index is 0.0330. The van der Waals surface area contributed by atoms with Gasteiger partial charge in [0.2, 0.25) is 5.91 Å². The number of aromatic nitrogens is 1. The molecule has 1 atom stereocenters. The van der Waals surface area contributed by atoms with Crippen LogP contribution < -0.4 is 5.32 Å². The van der Waals surface area contributed by atoms with Crippen molar-refractivity contribution in [1.29, 1.82) is 0 Å². The van der Waals surface area contributed by atoms with Gasteiger partial charge in [-0.05, 0) is 38.0 Å². The van der Waals surface area contributed by atoms with Crippen LogP contribution >= 0.6 is 11.3 Å². The zero-order valence-corrected chi connectivity index (χ0v) is 13.0. The van der Waals surface area contributed by atoms with Gasteiger partial charge in [-0.15, -0.1) is 11.3 Å². The molecule has 1 N–H and O–H groups in total. The Hall–Kier alpha value is -1.72. The molecule has 0 spiro atoms. The normalized spacial score (nSPS) is 15.4. The first-order valence-corrected chi connectivity index (χ1v) is 8.05. The number of amides is 1. The summed E-state index contributed by atoms with van der Waals surface area (Å²) in [6.07, 6.45) is 1.38. The maximum atomic E-state index is 11.4. The largest absolute Gasteiger partial charge is 0.372 e. The van der Waals surface area contributed by atoms with Gasteiger partial charge in [0.25, 0.3) is 0 Å². The fraction of sp³-hybridized carbons (Fsp3) is 0.375. The second-order valence-electron chi connectivity index (χ2n) is 5.09. The highest BCUT2D eigenvalue weighted by atomic mass is 32.1. The molecule has 4 nitrogen and oxygen atoms in total. The molecule has 2 aromatic rings. The second kappa shape index (κ2) is 5.95. The second-order valence-corrected chi connectivity index (χ2v) is 5.98. The number of hydrogen-bond donors (Lipinski definition) is 1. The van der Waals surface area contributed by atoms with E-state index in [4.69, 9.17) is 4.74 Å². The molecule has 0 radical (unpaired) electrons. The molecule has 1 amide bonds. The van der Waals surface area contributed by atoms with Gasteiger partial charge in [0.05, 0.1) is 5.69 Å². The summed E-state index contributed by atoms with van der Waals surface area (Å²) in [6.45, 7) is 4.70. The summed E-state index contributed by atoms with van der Waals surface area (Å²) in [7, 11) is 0. The molecular weight excluding hydrogens is 284 g/mol. The van der Waals surface area contributed by atoms with Crippen LogP contribution in [0.1, 0.15) is 36.9 Å². The van der Waals surface area contributed by atoms with E-state index in [-0.39, 0.29) is 12.0 Å². The van der Waals surface area contributed by atoms with Gasteiger partial charge in [0.15, 0.2) is 0 Å². The van der Waals surface area contributed by atoms with Crippen molar-refractivity contribution in [3.63, 3.8) is 0 Å². The predicted octanol–water partition coefficient (Wildman–Crippen LogP) is 3.79. The number of carbonyl (C=O) groups is 1. The van der Waals surface area contributed by atoms with Gasteiger partial charge in [-0.3, -0.25) is 4.79 Å². The number of benzene rings is 1. The molecule has 1 aliphatic rings. The summed E-state index contributed by atoms with van der Waals surface area (Å²) < 4.78 is 5.58. The number of ether oxygens (including phenoxy) is 1. The molecule has 0 aliphatic carbocycles. The fourth-order valence-electron chi connectivity index (χ4n) is 2.47. The van der Waals surface area contributed by atoms with E-state index in [1.165, 1.54) is 5.56 Å². The van der Waals surface area contributed by atoms with Crippen LogP contribution in [-0.2, 0) is 16.0 Å². The van der Waals surface area contributed by atoms with Crippen molar-refractivity contribution in [2.45, 2.75) is 32.8 Å². The number of aryl methyl sites for hydroxylation is 1. The molecule has 3 rings (SSSR count). The van der Waals surface area contributed by atoms with Crippen LogP contribution in [0.25, 0.3) is 11.3 Å². The van der Waals surface area contributed by atoms with Crippen LogP contribution in [0.4, 0.5) is 5.69 Å². The van der Waals surface area contributed by atoms with E-state index in [2.05, 4.69) is 21.7 Å². The van der Waals surface area contributed by atoms with Crippen LogP contribution in [0.3, 0.4) is 0 Å². The monoisotopic (exact) mass is 302 g/mol. The molecule has 0 saturated carbocycles. The molecule has 0 bridgehead atoms. The highest BCUT2D eigenvalue weighted by Gasteiger charge is 2.16. The summed E-state index contributed by atoms with van der Waals surface area (Å²) in [5, 5.41) is 5.96. The third kappa shape index (κ3) is 2.99. The average molecular weight is 302 g/mol. The third-order valence-corrected chi connectivity index (χ3v) is 4.59. The van der Waals surface area contributed by atoms with E-state index in [0.717, 1.165) is 28.4 Å². The Balaban J connectivity index is 1.86. The first kappa shape index (κ1) is 14.2. The first-order valence-electron chi connectivity index (χ1n) is 7.17. The standard InChI is InChI=1S/C16H18N2O2S/c1-3-20-10(2)16-18-14(9-21-16)12-4-6-13-11(8-12)5-7-15(19)17-13/h4,6,8-10H,3,5,7H2,1-2H3,(H,17,19). The van der Waals surface area contributed by atoms with Crippen molar-refractivity contribution in [3.05, 3.63) is 34.2 Å². The number of nitrogens with one attached hydrogen (secondary N) is 1. The van der Waals surface area contributed by atoms with E-state index in [1.807, 2.05) is 26.0 Å². The molecule has 2 heterocycles. The lowest BCUT2D eigenvalue weighted by Gasteiger charge is -2.17. The minimum atomic E-state index is 0.0330. The number of rotatable bonds is 4. The van der Waals surface area contributed by atoms with Gasteiger partial charge in [0.1, 0.15) is 11.1 Å². The highest BCUT2D eigenvalue weighted by molar-refractivity contribution is 7.10. The lowest BCUT2D eigenvalue weighted by Crippen LogP contribution is -2.18. The Bertz CT molecular complexity index is 666. The molecule has 5 heteroatoms. The number of nitrogens with zero attached hydrogens (tertiary/aromatic N) is 1. The van der Waals surface area contributed by atoms with Gasteiger partial charge in [0, 0.05) is 29.7 Å². The number of carbonyl (C=O) groups excluding carboxylic acids is 1. The minimum Gasteiger partial charge on any atom is -0.372 e. The van der Waals surface area contributed by atoms with E-state index in [9.17, 15) is 4.79 Å². The van der Waals surface area contributed by atoms with E-state index in [1.54, 1.807) is 11.3 Å². The average Bonchev–Trinajstić information content (AvgIpc) is 2.97.